The van der Waals surface area contributed by atoms with Crippen molar-refractivity contribution in [3.05, 3.63) is 65.9 Å². The van der Waals surface area contributed by atoms with Crippen LogP contribution in [0.15, 0.2) is 54.7 Å². The molecule has 0 saturated carbocycles. The predicted molar refractivity (Wildman–Crippen MR) is 134 cm³/mol. The monoisotopic (exact) mass is 486 g/mol. The number of hydrogen-bond donors (Lipinski definition) is 1. The Kier molecular flexibility index (Phi) is 7.72. The minimum absolute atomic E-state index is 0.279. The lowest BCUT2D eigenvalue weighted by molar-refractivity contribution is 0.0526. The number of nitrogens with one attached hydrogen (secondary N) is 1. The van der Waals surface area contributed by atoms with Crippen LogP contribution in [0.25, 0.3) is 11.3 Å². The fraction of sp³-hybridized carbons (Fsp3) is 0.269. The van der Waals surface area contributed by atoms with Gasteiger partial charge in [-0.15, -0.1) is 0 Å². The molecule has 1 aliphatic rings. The molecule has 3 aromatic rings. The Morgan fingerprint density at radius 1 is 1.17 bits per heavy atom. The number of benzene rings is 2. The topological polar surface area (TPSA) is 121 Å². The molecule has 4 rings (SSSR count). The first kappa shape index (κ1) is 24.6. The van der Waals surface area contributed by atoms with E-state index in [4.69, 9.17) is 14.7 Å². The van der Waals surface area contributed by atoms with E-state index in [0.29, 0.717) is 54.8 Å². The van der Waals surface area contributed by atoms with Crippen LogP contribution in [0.2, 0.25) is 0 Å². The van der Waals surface area contributed by atoms with Gasteiger partial charge in [-0.3, -0.25) is 4.79 Å². The maximum absolute atomic E-state index is 12.7. The van der Waals surface area contributed by atoms with E-state index >= 15 is 0 Å². The zero-order valence-electron chi connectivity index (χ0n) is 20.1. The summed E-state index contributed by atoms with van der Waals surface area (Å²) in [5.41, 5.74) is 3.74. The van der Waals surface area contributed by atoms with Crippen LogP contribution in [0.4, 0.5) is 17.3 Å². The summed E-state index contributed by atoms with van der Waals surface area (Å²) in [4.78, 5) is 36.8. The number of nitrogens with zero attached hydrogens (tertiary/aromatic N) is 5. The van der Waals surface area contributed by atoms with Crippen LogP contribution in [-0.4, -0.2) is 66.7 Å². The summed E-state index contributed by atoms with van der Waals surface area (Å²) >= 11 is 0. The second-order valence-electron chi connectivity index (χ2n) is 7.98. The number of esters is 1. The number of carbonyl (C=O) groups is 2. The smallest absolute Gasteiger partial charge is 0.340 e. The highest BCUT2D eigenvalue weighted by Gasteiger charge is 2.20. The van der Waals surface area contributed by atoms with Crippen LogP contribution < -0.4 is 10.2 Å². The first-order valence-corrected chi connectivity index (χ1v) is 11.5. The normalized spacial score (nSPS) is 13.0. The van der Waals surface area contributed by atoms with E-state index in [1.807, 2.05) is 12.1 Å². The SMILES string of the molecule is CCOC(=O)c1cc(Nc2nccc(-c3ccc(C(=O)N(C)C#N)cc3)n2)ccc1N1CCOCC1. The van der Waals surface area contributed by atoms with E-state index in [2.05, 4.69) is 20.2 Å². The van der Waals surface area contributed by atoms with Gasteiger partial charge in [0.05, 0.1) is 36.8 Å². The van der Waals surface area contributed by atoms with Gasteiger partial charge < -0.3 is 19.7 Å². The number of rotatable bonds is 7. The fourth-order valence-corrected chi connectivity index (χ4v) is 3.80. The lowest BCUT2D eigenvalue weighted by Crippen LogP contribution is -2.37. The highest BCUT2D eigenvalue weighted by Crippen LogP contribution is 2.28. The molecule has 10 heteroatoms. The molecule has 0 unspecified atom stereocenters. The first-order chi connectivity index (χ1) is 17.5. The molecule has 10 nitrogen and oxygen atoms in total. The van der Waals surface area contributed by atoms with Gasteiger partial charge in [0.1, 0.15) is 0 Å². The Hall–Kier alpha value is -4.49. The van der Waals surface area contributed by atoms with Crippen LogP contribution in [-0.2, 0) is 9.47 Å². The quantitative estimate of drug-likeness (QED) is 0.304. The Balaban J connectivity index is 1.56. The van der Waals surface area contributed by atoms with Crippen molar-refractivity contribution in [1.29, 1.82) is 5.26 Å². The number of morpholine rings is 1. The van der Waals surface area contributed by atoms with Gasteiger partial charge in [-0.05, 0) is 43.3 Å². The summed E-state index contributed by atoms with van der Waals surface area (Å²) in [6.45, 7) is 4.66. The second-order valence-corrected chi connectivity index (χ2v) is 7.98. The molecule has 2 aromatic carbocycles. The van der Waals surface area contributed by atoms with E-state index in [1.54, 1.807) is 55.7 Å². The summed E-state index contributed by atoms with van der Waals surface area (Å²) in [6.07, 6.45) is 3.42. The fourth-order valence-electron chi connectivity index (χ4n) is 3.80. The van der Waals surface area contributed by atoms with Crippen LogP contribution in [0.3, 0.4) is 0 Å². The summed E-state index contributed by atoms with van der Waals surface area (Å²) in [5, 5.41) is 12.1. The molecule has 1 fully saturated rings. The number of ether oxygens (including phenoxy) is 2. The third-order valence-corrected chi connectivity index (χ3v) is 5.64. The number of anilines is 3. The van der Waals surface area contributed by atoms with Crippen molar-refractivity contribution in [2.45, 2.75) is 6.92 Å². The highest BCUT2D eigenvalue weighted by atomic mass is 16.5. The van der Waals surface area contributed by atoms with Gasteiger partial charge in [-0.1, -0.05) is 12.1 Å². The van der Waals surface area contributed by atoms with E-state index in [1.165, 1.54) is 7.05 Å². The van der Waals surface area contributed by atoms with Gasteiger partial charge in [-0.2, -0.15) is 5.26 Å². The third kappa shape index (κ3) is 5.59. The van der Waals surface area contributed by atoms with Gasteiger partial charge in [0.25, 0.3) is 5.91 Å². The van der Waals surface area contributed by atoms with Crippen molar-refractivity contribution < 1.29 is 19.1 Å². The van der Waals surface area contributed by atoms with E-state index in [-0.39, 0.29) is 12.5 Å². The van der Waals surface area contributed by atoms with Gasteiger partial charge in [0, 0.05) is 43.1 Å². The summed E-state index contributed by atoms with van der Waals surface area (Å²) in [7, 11) is 1.42. The summed E-state index contributed by atoms with van der Waals surface area (Å²) in [6, 6.07) is 14.1. The van der Waals surface area contributed by atoms with Gasteiger partial charge in [0.2, 0.25) is 5.95 Å². The average molecular weight is 487 g/mol. The Morgan fingerprint density at radius 2 is 1.92 bits per heavy atom. The Labute approximate surface area is 209 Å². The molecule has 184 valence electrons. The van der Waals surface area contributed by atoms with Crippen LogP contribution >= 0.6 is 0 Å². The van der Waals surface area contributed by atoms with Crippen molar-refractivity contribution in [3.63, 3.8) is 0 Å². The predicted octanol–water partition coefficient (Wildman–Crippen LogP) is 3.45. The Bertz CT molecular complexity index is 1280. The minimum Gasteiger partial charge on any atom is -0.462 e. The summed E-state index contributed by atoms with van der Waals surface area (Å²) in [5.74, 6) is -0.424. The molecular formula is C26H26N6O4. The van der Waals surface area contributed by atoms with Crippen molar-refractivity contribution >= 4 is 29.2 Å². The number of amides is 1. The molecule has 1 aliphatic heterocycles. The van der Waals surface area contributed by atoms with E-state index in [0.717, 1.165) is 16.2 Å². The second kappa shape index (κ2) is 11.3. The van der Waals surface area contributed by atoms with Crippen molar-refractivity contribution in [2.75, 3.05) is 50.2 Å². The Morgan fingerprint density at radius 3 is 2.61 bits per heavy atom. The molecule has 0 aliphatic carbocycles. The molecule has 1 amide bonds. The number of nitriles is 1. The maximum atomic E-state index is 12.7. The molecule has 2 heterocycles. The van der Waals surface area contributed by atoms with Gasteiger partial charge >= 0.3 is 5.97 Å². The van der Waals surface area contributed by atoms with E-state index in [9.17, 15) is 9.59 Å². The molecular weight excluding hydrogens is 460 g/mol. The van der Waals surface area contributed by atoms with Crippen LogP contribution in [0.1, 0.15) is 27.6 Å². The van der Waals surface area contributed by atoms with Gasteiger partial charge in [0.15, 0.2) is 6.19 Å². The third-order valence-electron chi connectivity index (χ3n) is 5.64. The minimum atomic E-state index is -0.394. The zero-order valence-corrected chi connectivity index (χ0v) is 20.1. The maximum Gasteiger partial charge on any atom is 0.340 e. The van der Waals surface area contributed by atoms with Crippen molar-refractivity contribution in [2.24, 2.45) is 0 Å². The molecule has 0 atom stereocenters. The molecule has 1 aromatic heterocycles. The molecule has 0 radical (unpaired) electrons. The number of carbonyl (C=O) groups excluding carboxylic acids is 2. The molecule has 36 heavy (non-hydrogen) atoms. The number of hydrogen-bond acceptors (Lipinski definition) is 9. The lowest BCUT2D eigenvalue weighted by atomic mass is 10.1. The largest absolute Gasteiger partial charge is 0.462 e. The number of aromatic nitrogens is 2. The molecule has 1 N–H and O–H groups in total. The van der Waals surface area contributed by atoms with Crippen LogP contribution in [0, 0.1) is 11.5 Å². The van der Waals surface area contributed by atoms with Crippen molar-refractivity contribution in [1.82, 2.24) is 14.9 Å². The van der Waals surface area contributed by atoms with Gasteiger partial charge in [-0.25, -0.2) is 19.7 Å². The lowest BCUT2D eigenvalue weighted by Gasteiger charge is -2.30. The molecule has 0 spiro atoms. The van der Waals surface area contributed by atoms with Crippen molar-refractivity contribution in [3.8, 4) is 17.5 Å². The highest BCUT2D eigenvalue weighted by molar-refractivity contribution is 5.97. The summed E-state index contributed by atoms with van der Waals surface area (Å²) < 4.78 is 10.7. The van der Waals surface area contributed by atoms with E-state index < -0.39 is 5.97 Å². The molecule has 1 saturated heterocycles. The molecule has 0 bridgehead atoms. The zero-order chi connectivity index (χ0) is 25.5. The van der Waals surface area contributed by atoms with Crippen LogP contribution in [0.5, 0.6) is 0 Å². The first-order valence-electron chi connectivity index (χ1n) is 11.5. The standard InChI is InChI=1S/C26H26N6O4/c1-3-36-25(34)21-16-20(8-9-23(21)32-12-14-35-15-13-32)29-26-28-11-10-22(30-26)18-4-6-19(7-5-18)24(33)31(2)17-27/h4-11,16H,3,12-15H2,1-2H3,(H,28,29,30). The average Bonchev–Trinajstić information content (AvgIpc) is 2.93.